The lowest BCUT2D eigenvalue weighted by molar-refractivity contribution is -0.205. The number of thioether (sulfide) groups is 1. The lowest BCUT2D eigenvalue weighted by atomic mass is 9.44. The normalized spacial score (nSPS) is 34.8. The second kappa shape index (κ2) is 12.7. The largest absolute Gasteiger partial charge is 0.488 e. The predicted molar refractivity (Wildman–Crippen MR) is 175 cm³/mol. The van der Waals surface area contributed by atoms with Gasteiger partial charge in [0.25, 0.3) is 0 Å². The van der Waals surface area contributed by atoms with Gasteiger partial charge >= 0.3 is 13.1 Å². The highest BCUT2D eigenvalue weighted by Crippen LogP contribution is 2.68. The van der Waals surface area contributed by atoms with E-state index in [0.717, 1.165) is 35.4 Å². The minimum absolute atomic E-state index is 0.0605. The van der Waals surface area contributed by atoms with E-state index in [-0.39, 0.29) is 40.7 Å². The number of hydrogen-bond donors (Lipinski definition) is 4. The third kappa shape index (κ3) is 5.89. The highest BCUT2D eigenvalue weighted by Gasteiger charge is 2.68. The molecule has 3 fully saturated rings. The summed E-state index contributed by atoms with van der Waals surface area (Å²) in [5, 5.41) is 33.7. The molecule has 0 radical (unpaired) electrons. The minimum Gasteiger partial charge on any atom is -0.461 e. The highest BCUT2D eigenvalue weighted by molar-refractivity contribution is 8.00. The van der Waals surface area contributed by atoms with Crippen LogP contribution in [-0.2, 0) is 20.9 Å². The van der Waals surface area contributed by atoms with Crippen molar-refractivity contribution in [2.75, 3.05) is 11.1 Å². The van der Waals surface area contributed by atoms with Gasteiger partial charge in [-0.1, -0.05) is 64.1 Å². The maximum atomic E-state index is 13.6. The van der Waals surface area contributed by atoms with E-state index in [0.29, 0.717) is 24.8 Å². The molecule has 0 saturated heterocycles. The maximum Gasteiger partial charge on any atom is 0.488 e. The molecule has 0 aliphatic heterocycles. The van der Waals surface area contributed by atoms with Crippen LogP contribution in [0.15, 0.2) is 66.1 Å². The summed E-state index contributed by atoms with van der Waals surface area (Å²) in [5.41, 5.74) is 0.868. The maximum absolute atomic E-state index is 13.6. The SMILES string of the molecule is C=C[C@]1(C)C[C@@H](OC(=O)CSc2cccc(NCc3ccc(B(O)O)cc3)c2)[C@]2(C)[C@H](C)CC[C@]3(CCC(=O)[C@H]32)[C@@H](C)[C@@H]1O. The summed E-state index contributed by atoms with van der Waals surface area (Å²) in [7, 11) is -1.49. The zero-order valence-corrected chi connectivity index (χ0v) is 27.1. The Morgan fingerprint density at radius 3 is 2.57 bits per heavy atom. The summed E-state index contributed by atoms with van der Waals surface area (Å²) in [6.45, 7) is 13.1. The first-order chi connectivity index (χ1) is 20.8. The smallest absolute Gasteiger partial charge is 0.461 e. The molecule has 4 N–H and O–H groups in total. The number of aliphatic hydroxyl groups excluding tert-OH is 1. The van der Waals surface area contributed by atoms with Gasteiger partial charge in [-0.25, -0.2) is 0 Å². The van der Waals surface area contributed by atoms with Crippen LogP contribution in [0.5, 0.6) is 0 Å². The van der Waals surface area contributed by atoms with Crippen LogP contribution in [-0.4, -0.2) is 52.0 Å². The topological polar surface area (TPSA) is 116 Å². The number of carbonyl (C=O) groups excluding carboxylic acids is 2. The van der Waals surface area contributed by atoms with Gasteiger partial charge in [-0.15, -0.1) is 18.3 Å². The molecule has 236 valence electrons. The first-order valence-electron chi connectivity index (χ1n) is 15.8. The lowest BCUT2D eigenvalue weighted by Gasteiger charge is -2.61. The Bertz CT molecular complexity index is 1390. The molecule has 0 unspecified atom stereocenters. The number of esters is 1. The number of aliphatic hydroxyl groups is 1. The minimum atomic E-state index is -1.49. The predicted octanol–water partition coefficient (Wildman–Crippen LogP) is 4.98. The number of ketones is 1. The number of rotatable bonds is 9. The fourth-order valence-electron chi connectivity index (χ4n) is 8.54. The number of benzene rings is 2. The Balaban J connectivity index is 1.30. The van der Waals surface area contributed by atoms with Crippen molar-refractivity contribution in [3.63, 3.8) is 0 Å². The van der Waals surface area contributed by atoms with Gasteiger partial charge in [0, 0.05) is 40.3 Å². The van der Waals surface area contributed by atoms with E-state index in [9.17, 15) is 24.7 Å². The number of nitrogens with one attached hydrogen (secondary N) is 1. The molecule has 7 nitrogen and oxygen atoms in total. The molecule has 3 aliphatic carbocycles. The van der Waals surface area contributed by atoms with Crippen molar-refractivity contribution >= 4 is 41.8 Å². The van der Waals surface area contributed by atoms with Gasteiger partial charge in [-0.2, -0.15) is 0 Å². The number of ether oxygens (including phenoxy) is 1. The van der Waals surface area contributed by atoms with Gasteiger partial charge in [0.05, 0.1) is 11.9 Å². The Labute approximate surface area is 266 Å². The van der Waals surface area contributed by atoms with Gasteiger partial charge in [-0.05, 0) is 72.2 Å². The lowest BCUT2D eigenvalue weighted by Crippen LogP contribution is -2.63. The molecule has 0 spiro atoms. The van der Waals surface area contributed by atoms with Crippen LogP contribution in [0.25, 0.3) is 0 Å². The third-order valence-electron chi connectivity index (χ3n) is 11.5. The second-order valence-corrected chi connectivity index (χ2v) is 14.9. The molecular weight excluding hydrogens is 573 g/mol. The van der Waals surface area contributed by atoms with Crippen molar-refractivity contribution in [2.24, 2.45) is 34.0 Å². The molecule has 5 rings (SSSR count). The zero-order chi connectivity index (χ0) is 31.9. The molecule has 0 amide bonds. The van der Waals surface area contributed by atoms with Gasteiger partial charge < -0.3 is 25.2 Å². The van der Waals surface area contributed by atoms with Crippen LogP contribution in [0.1, 0.15) is 65.4 Å². The fraction of sp³-hybridized carbons (Fsp3) is 0.543. The molecule has 8 atom stereocenters. The quantitative estimate of drug-likeness (QED) is 0.135. The molecule has 0 heterocycles. The molecule has 9 heteroatoms. The number of carbonyl (C=O) groups is 2. The van der Waals surface area contributed by atoms with Crippen LogP contribution in [0.3, 0.4) is 0 Å². The van der Waals surface area contributed by atoms with Crippen LogP contribution in [0.2, 0.25) is 0 Å². The van der Waals surface area contributed by atoms with Crippen molar-refractivity contribution in [1.82, 2.24) is 0 Å². The van der Waals surface area contributed by atoms with Crippen molar-refractivity contribution in [2.45, 2.75) is 83.4 Å². The third-order valence-corrected chi connectivity index (χ3v) is 12.5. The van der Waals surface area contributed by atoms with Crippen molar-refractivity contribution in [1.29, 1.82) is 0 Å². The number of Topliss-reactive ketones (excluding diaryl/α,β-unsaturated/α-hetero) is 1. The summed E-state index contributed by atoms with van der Waals surface area (Å²) in [6, 6.07) is 14.9. The van der Waals surface area contributed by atoms with Gasteiger partial charge in [0.2, 0.25) is 0 Å². The first kappa shape index (κ1) is 32.8. The van der Waals surface area contributed by atoms with Crippen molar-refractivity contribution in [3.05, 3.63) is 66.7 Å². The van der Waals surface area contributed by atoms with Crippen LogP contribution >= 0.6 is 11.8 Å². The molecule has 2 aromatic rings. The molecule has 44 heavy (non-hydrogen) atoms. The van der Waals surface area contributed by atoms with E-state index in [2.05, 4.69) is 32.7 Å². The van der Waals surface area contributed by atoms with Gasteiger partial charge in [0.15, 0.2) is 0 Å². The summed E-state index contributed by atoms with van der Waals surface area (Å²) >= 11 is 1.41. The number of anilines is 1. The van der Waals surface area contributed by atoms with E-state index < -0.39 is 30.2 Å². The van der Waals surface area contributed by atoms with E-state index in [1.807, 2.05) is 49.4 Å². The average Bonchev–Trinajstić information content (AvgIpc) is 3.37. The molecule has 0 aromatic heterocycles. The van der Waals surface area contributed by atoms with Gasteiger partial charge in [0.1, 0.15) is 11.9 Å². The molecule has 3 aliphatic rings. The van der Waals surface area contributed by atoms with Crippen LogP contribution in [0.4, 0.5) is 5.69 Å². The Hall–Kier alpha value is -2.59. The van der Waals surface area contributed by atoms with Gasteiger partial charge in [-0.3, -0.25) is 9.59 Å². The summed E-state index contributed by atoms with van der Waals surface area (Å²) in [5.74, 6) is -0.0537. The van der Waals surface area contributed by atoms with Crippen LogP contribution in [0, 0.1) is 34.0 Å². The number of hydrogen-bond acceptors (Lipinski definition) is 8. The molecular formula is C35H46BNO6S. The Morgan fingerprint density at radius 2 is 1.89 bits per heavy atom. The summed E-state index contributed by atoms with van der Waals surface area (Å²) in [6.07, 6.45) is 4.20. The summed E-state index contributed by atoms with van der Waals surface area (Å²) < 4.78 is 6.38. The Kier molecular flexibility index (Phi) is 9.44. The average molecular weight is 620 g/mol. The van der Waals surface area contributed by atoms with E-state index in [1.54, 1.807) is 12.1 Å². The van der Waals surface area contributed by atoms with Crippen molar-refractivity contribution < 1.29 is 29.5 Å². The fourth-order valence-corrected chi connectivity index (χ4v) is 9.28. The molecule has 3 saturated carbocycles. The highest BCUT2D eigenvalue weighted by atomic mass is 32.2. The molecule has 2 aromatic carbocycles. The van der Waals surface area contributed by atoms with Crippen molar-refractivity contribution in [3.8, 4) is 0 Å². The van der Waals surface area contributed by atoms with E-state index in [1.165, 1.54) is 11.8 Å². The van der Waals surface area contributed by atoms with E-state index >= 15 is 0 Å². The monoisotopic (exact) mass is 619 g/mol. The molecule has 2 bridgehead atoms. The summed E-state index contributed by atoms with van der Waals surface area (Å²) in [4.78, 5) is 28.0. The zero-order valence-electron chi connectivity index (χ0n) is 26.3. The standard InChI is InChI=1S/C35H46BNO6S/c1-6-33(4)19-29(34(5)22(2)14-16-35(23(3)32(33)40)17-15-28(38)31(34)35)43-30(39)21-44-27-9-7-8-26(18-27)37-20-24-10-12-25(13-11-24)36(41)42/h6-13,18,22-23,29,31-32,37,40-42H,1,14-17,19-21H2,2-5H3/t22-,23+,29-,31+,32+,33-,34+,35+/m1/s1. The second-order valence-electron chi connectivity index (χ2n) is 13.8. The van der Waals surface area contributed by atoms with Crippen LogP contribution < -0.4 is 10.8 Å². The Morgan fingerprint density at radius 1 is 1.16 bits per heavy atom. The first-order valence-corrected chi connectivity index (χ1v) is 16.8. The van der Waals surface area contributed by atoms with E-state index in [4.69, 9.17) is 4.74 Å².